The molecule has 0 spiro atoms. The first-order chi connectivity index (χ1) is 8.29. The van der Waals surface area contributed by atoms with Crippen LogP contribution in [0.2, 0.25) is 0 Å². The van der Waals surface area contributed by atoms with Crippen molar-refractivity contribution < 1.29 is 9.90 Å². The third-order valence-corrected chi connectivity index (χ3v) is 5.47. The zero-order chi connectivity index (χ0) is 13.4. The average Bonchev–Trinajstić information content (AvgIpc) is 2.89. The number of carbonyl (C=O) groups excluding carboxylic acids is 1. The molecule has 2 aliphatic carbocycles. The van der Waals surface area contributed by atoms with Gasteiger partial charge in [0.05, 0.1) is 11.0 Å². The van der Waals surface area contributed by atoms with Gasteiger partial charge in [-0.05, 0) is 26.2 Å². The van der Waals surface area contributed by atoms with Gasteiger partial charge in [0, 0.05) is 6.54 Å². The molecule has 18 heavy (non-hydrogen) atoms. The minimum Gasteiger partial charge on any atom is -0.388 e. The SMILES string of the molecule is CC1(C(=O)NCC2(O)CCCCCC2)CC1(Cl)Cl. The number of aliphatic hydroxyl groups is 1. The van der Waals surface area contributed by atoms with E-state index in [2.05, 4.69) is 5.32 Å². The molecule has 104 valence electrons. The Balaban J connectivity index is 1.86. The van der Waals surface area contributed by atoms with E-state index in [1.165, 1.54) is 12.8 Å². The van der Waals surface area contributed by atoms with Crippen molar-refractivity contribution in [3.05, 3.63) is 0 Å². The Labute approximate surface area is 118 Å². The molecule has 0 radical (unpaired) electrons. The second-order valence-corrected chi connectivity index (χ2v) is 7.52. The van der Waals surface area contributed by atoms with E-state index >= 15 is 0 Å². The molecule has 5 heteroatoms. The Morgan fingerprint density at radius 1 is 1.22 bits per heavy atom. The molecule has 0 heterocycles. The van der Waals surface area contributed by atoms with Gasteiger partial charge in [0.1, 0.15) is 4.33 Å². The highest BCUT2D eigenvalue weighted by atomic mass is 35.5. The van der Waals surface area contributed by atoms with E-state index in [9.17, 15) is 9.90 Å². The van der Waals surface area contributed by atoms with Crippen LogP contribution in [0.15, 0.2) is 0 Å². The summed E-state index contributed by atoms with van der Waals surface area (Å²) in [4.78, 5) is 12.0. The average molecular weight is 294 g/mol. The van der Waals surface area contributed by atoms with Crippen molar-refractivity contribution in [3.8, 4) is 0 Å². The molecule has 2 N–H and O–H groups in total. The second kappa shape index (κ2) is 4.84. The lowest BCUT2D eigenvalue weighted by Crippen LogP contribution is -2.45. The van der Waals surface area contributed by atoms with E-state index < -0.39 is 15.3 Å². The van der Waals surface area contributed by atoms with Gasteiger partial charge in [-0.3, -0.25) is 4.79 Å². The maximum Gasteiger partial charge on any atom is 0.229 e. The summed E-state index contributed by atoms with van der Waals surface area (Å²) >= 11 is 11.9. The maximum atomic E-state index is 12.0. The van der Waals surface area contributed by atoms with Gasteiger partial charge in [-0.2, -0.15) is 0 Å². The number of rotatable bonds is 3. The monoisotopic (exact) mass is 293 g/mol. The van der Waals surface area contributed by atoms with Crippen LogP contribution in [0.25, 0.3) is 0 Å². The van der Waals surface area contributed by atoms with Crippen LogP contribution >= 0.6 is 23.2 Å². The fraction of sp³-hybridized carbons (Fsp3) is 0.923. The van der Waals surface area contributed by atoms with Crippen LogP contribution in [0.1, 0.15) is 51.9 Å². The van der Waals surface area contributed by atoms with Gasteiger partial charge in [0.15, 0.2) is 0 Å². The summed E-state index contributed by atoms with van der Waals surface area (Å²) < 4.78 is -0.941. The van der Waals surface area contributed by atoms with E-state index in [1.807, 2.05) is 0 Å². The molecule has 1 atom stereocenters. The molecule has 0 aromatic heterocycles. The van der Waals surface area contributed by atoms with Gasteiger partial charge in [0.25, 0.3) is 0 Å². The number of amides is 1. The number of alkyl halides is 2. The molecule has 2 saturated carbocycles. The fourth-order valence-electron chi connectivity index (χ4n) is 2.65. The smallest absolute Gasteiger partial charge is 0.229 e. The highest BCUT2D eigenvalue weighted by Gasteiger charge is 2.67. The van der Waals surface area contributed by atoms with Crippen molar-refractivity contribution in [1.82, 2.24) is 5.32 Å². The number of hydrogen-bond donors (Lipinski definition) is 2. The molecule has 1 unspecified atom stereocenters. The summed E-state index contributed by atoms with van der Waals surface area (Å²) in [6.45, 7) is 2.07. The van der Waals surface area contributed by atoms with Crippen molar-refractivity contribution in [2.45, 2.75) is 61.8 Å². The predicted octanol–water partition coefficient (Wildman–Crippen LogP) is 2.77. The van der Waals surface area contributed by atoms with Crippen molar-refractivity contribution >= 4 is 29.1 Å². The number of hydrogen-bond acceptors (Lipinski definition) is 2. The maximum absolute atomic E-state index is 12.0. The first-order valence-electron chi connectivity index (χ1n) is 6.68. The van der Waals surface area contributed by atoms with E-state index in [0.717, 1.165) is 25.7 Å². The first kappa shape index (κ1) is 14.4. The molecule has 2 aliphatic rings. The Morgan fingerprint density at radius 2 is 1.72 bits per heavy atom. The van der Waals surface area contributed by atoms with Crippen LogP contribution in [-0.2, 0) is 4.79 Å². The van der Waals surface area contributed by atoms with Gasteiger partial charge in [-0.15, -0.1) is 23.2 Å². The van der Waals surface area contributed by atoms with Gasteiger partial charge in [-0.25, -0.2) is 0 Å². The van der Waals surface area contributed by atoms with Crippen molar-refractivity contribution in [3.63, 3.8) is 0 Å². The molecule has 3 nitrogen and oxygen atoms in total. The molecule has 0 bridgehead atoms. The molecule has 0 aromatic carbocycles. The van der Waals surface area contributed by atoms with Crippen LogP contribution in [-0.4, -0.2) is 27.5 Å². The second-order valence-electron chi connectivity index (χ2n) is 6.03. The van der Waals surface area contributed by atoms with Gasteiger partial charge >= 0.3 is 0 Å². The molecule has 0 saturated heterocycles. The Hall–Kier alpha value is 0.01000. The minimum absolute atomic E-state index is 0.148. The summed E-state index contributed by atoms with van der Waals surface area (Å²) in [5.41, 5.74) is -1.45. The quantitative estimate of drug-likeness (QED) is 0.621. The topological polar surface area (TPSA) is 49.3 Å². The van der Waals surface area contributed by atoms with Gasteiger partial charge < -0.3 is 10.4 Å². The van der Waals surface area contributed by atoms with E-state index in [1.54, 1.807) is 6.92 Å². The standard InChI is InChI=1S/C13H21Cl2NO2/c1-11(8-13(11,14)15)10(17)16-9-12(18)6-4-2-3-5-7-12/h18H,2-9H2,1H3,(H,16,17). The van der Waals surface area contributed by atoms with Crippen LogP contribution in [0.3, 0.4) is 0 Å². The van der Waals surface area contributed by atoms with Crippen LogP contribution in [0, 0.1) is 5.41 Å². The van der Waals surface area contributed by atoms with Crippen LogP contribution in [0.4, 0.5) is 0 Å². The summed E-state index contributed by atoms with van der Waals surface area (Å²) in [5, 5.41) is 13.3. The van der Waals surface area contributed by atoms with Crippen molar-refractivity contribution in [2.75, 3.05) is 6.54 Å². The Morgan fingerprint density at radius 3 is 2.17 bits per heavy atom. The molecular formula is C13H21Cl2NO2. The van der Waals surface area contributed by atoms with E-state index in [0.29, 0.717) is 13.0 Å². The summed E-state index contributed by atoms with van der Waals surface area (Å²) in [7, 11) is 0. The molecular weight excluding hydrogens is 273 g/mol. The van der Waals surface area contributed by atoms with Gasteiger partial charge in [0.2, 0.25) is 5.91 Å². The molecule has 2 rings (SSSR count). The largest absolute Gasteiger partial charge is 0.388 e. The third-order valence-electron chi connectivity index (χ3n) is 4.37. The number of carbonyl (C=O) groups is 1. The lowest BCUT2D eigenvalue weighted by atomic mass is 9.94. The van der Waals surface area contributed by atoms with E-state index in [4.69, 9.17) is 23.2 Å². The Kier molecular flexibility index (Phi) is 3.88. The predicted molar refractivity (Wildman–Crippen MR) is 72.8 cm³/mol. The lowest BCUT2D eigenvalue weighted by Gasteiger charge is -2.27. The molecule has 2 fully saturated rings. The van der Waals surface area contributed by atoms with Crippen molar-refractivity contribution in [2.24, 2.45) is 5.41 Å². The molecule has 1 amide bonds. The number of halogens is 2. The third kappa shape index (κ3) is 2.78. The highest BCUT2D eigenvalue weighted by Crippen LogP contribution is 2.63. The Bertz CT molecular complexity index is 338. The molecule has 0 aliphatic heterocycles. The normalized spacial score (nSPS) is 33.6. The number of nitrogens with one attached hydrogen (secondary N) is 1. The zero-order valence-corrected chi connectivity index (χ0v) is 12.3. The highest BCUT2D eigenvalue weighted by molar-refractivity contribution is 6.53. The summed E-state index contributed by atoms with van der Waals surface area (Å²) in [5.74, 6) is -0.148. The first-order valence-corrected chi connectivity index (χ1v) is 7.43. The van der Waals surface area contributed by atoms with Crippen LogP contribution < -0.4 is 5.32 Å². The summed E-state index contributed by atoms with van der Waals surface area (Å²) in [6, 6.07) is 0. The molecule has 0 aromatic rings. The summed E-state index contributed by atoms with van der Waals surface area (Å²) in [6.07, 6.45) is 6.39. The van der Waals surface area contributed by atoms with E-state index in [-0.39, 0.29) is 5.91 Å². The van der Waals surface area contributed by atoms with Crippen LogP contribution in [0.5, 0.6) is 0 Å². The zero-order valence-electron chi connectivity index (χ0n) is 10.8. The van der Waals surface area contributed by atoms with Gasteiger partial charge in [-0.1, -0.05) is 25.7 Å². The minimum atomic E-state index is -0.941. The lowest BCUT2D eigenvalue weighted by molar-refractivity contribution is -0.127. The van der Waals surface area contributed by atoms with Crippen molar-refractivity contribution in [1.29, 1.82) is 0 Å². The fourth-order valence-corrected chi connectivity index (χ4v) is 3.36.